The normalized spacial score (nSPS) is 13.6. The second-order valence-corrected chi connectivity index (χ2v) is 15.0. The standard InChI is InChI=1S/C57H42N2/c1-41-19-6-5-17-38-58(55-37-34-45(40-54(41)55)44-22-18-27-49(39-44)59(47-23-9-3-10-24-47)48-25-11-4-12-26-48)46-35-32-43(33-36-46)57-52-30-15-13-28-50(52)56(42-20-7-2-8-21-42)51-29-14-16-31-53(51)57/h2-37,39-40H,1,38H2/b17-5-,19-6-. The second-order valence-electron chi connectivity index (χ2n) is 15.0. The van der Waals surface area contributed by atoms with E-state index in [1.807, 2.05) is 0 Å². The summed E-state index contributed by atoms with van der Waals surface area (Å²) >= 11 is 0. The summed E-state index contributed by atoms with van der Waals surface area (Å²) in [4.78, 5) is 4.71. The summed E-state index contributed by atoms with van der Waals surface area (Å²) in [7, 11) is 0. The van der Waals surface area contributed by atoms with Crippen molar-refractivity contribution in [3.05, 3.63) is 243 Å². The minimum absolute atomic E-state index is 0.722. The van der Waals surface area contributed by atoms with E-state index in [4.69, 9.17) is 0 Å². The fourth-order valence-electron chi connectivity index (χ4n) is 8.65. The molecule has 0 saturated heterocycles. The summed E-state index contributed by atoms with van der Waals surface area (Å²) in [5, 5.41) is 5.03. The Balaban J connectivity index is 1.05. The molecule has 2 heteroatoms. The molecule has 0 atom stereocenters. The van der Waals surface area contributed by atoms with E-state index >= 15 is 0 Å². The number of benzene rings is 9. The summed E-state index contributed by atoms with van der Waals surface area (Å²) in [6.07, 6.45) is 8.55. The average molecular weight is 755 g/mol. The Morgan fingerprint density at radius 1 is 0.407 bits per heavy atom. The van der Waals surface area contributed by atoms with Crippen LogP contribution in [0.25, 0.3) is 60.5 Å². The summed E-state index contributed by atoms with van der Waals surface area (Å²) in [6.45, 7) is 5.29. The third kappa shape index (κ3) is 6.81. The van der Waals surface area contributed by atoms with Crippen molar-refractivity contribution in [2.45, 2.75) is 0 Å². The van der Waals surface area contributed by atoms with Gasteiger partial charge in [0.1, 0.15) is 0 Å². The maximum atomic E-state index is 4.57. The van der Waals surface area contributed by atoms with Crippen molar-refractivity contribution in [1.82, 2.24) is 0 Å². The third-order valence-corrected chi connectivity index (χ3v) is 11.4. The van der Waals surface area contributed by atoms with Crippen LogP contribution in [0.15, 0.2) is 237 Å². The average Bonchev–Trinajstić information content (AvgIpc) is 3.38. The molecule has 280 valence electrons. The second kappa shape index (κ2) is 15.7. The molecule has 2 nitrogen and oxygen atoms in total. The van der Waals surface area contributed by atoms with E-state index < -0.39 is 0 Å². The van der Waals surface area contributed by atoms with Crippen LogP contribution in [0.4, 0.5) is 28.4 Å². The molecule has 1 aliphatic rings. The zero-order chi connectivity index (χ0) is 39.5. The van der Waals surface area contributed by atoms with Crippen molar-refractivity contribution in [3.8, 4) is 33.4 Å². The van der Waals surface area contributed by atoms with Crippen molar-refractivity contribution >= 4 is 55.6 Å². The van der Waals surface area contributed by atoms with Gasteiger partial charge in [-0.05, 0) is 121 Å². The van der Waals surface area contributed by atoms with Gasteiger partial charge in [-0.2, -0.15) is 0 Å². The Hall–Kier alpha value is -7.68. The van der Waals surface area contributed by atoms with Gasteiger partial charge in [0.15, 0.2) is 0 Å². The van der Waals surface area contributed by atoms with Gasteiger partial charge in [-0.1, -0.05) is 176 Å². The predicted octanol–water partition coefficient (Wildman–Crippen LogP) is 15.7. The molecule has 0 radical (unpaired) electrons. The van der Waals surface area contributed by atoms with Gasteiger partial charge in [0, 0.05) is 40.5 Å². The highest BCUT2D eigenvalue weighted by molar-refractivity contribution is 6.21. The zero-order valence-electron chi connectivity index (χ0n) is 32.7. The third-order valence-electron chi connectivity index (χ3n) is 11.4. The number of hydrogen-bond donors (Lipinski definition) is 0. The Morgan fingerprint density at radius 3 is 1.47 bits per heavy atom. The fourth-order valence-corrected chi connectivity index (χ4v) is 8.65. The molecule has 9 aromatic carbocycles. The molecule has 10 rings (SSSR count). The Kier molecular flexibility index (Phi) is 9.50. The van der Waals surface area contributed by atoms with Crippen LogP contribution < -0.4 is 9.80 Å². The molecule has 0 aliphatic carbocycles. The van der Waals surface area contributed by atoms with Gasteiger partial charge in [0.2, 0.25) is 0 Å². The fraction of sp³-hybridized carbons (Fsp3) is 0.0175. The molecule has 9 aromatic rings. The summed E-state index contributed by atoms with van der Waals surface area (Å²) in [5.41, 5.74) is 14.9. The van der Waals surface area contributed by atoms with Crippen LogP contribution in [-0.2, 0) is 0 Å². The largest absolute Gasteiger partial charge is 0.337 e. The first-order chi connectivity index (χ1) is 29.2. The Bertz CT molecular complexity index is 2920. The van der Waals surface area contributed by atoms with Gasteiger partial charge in [0.05, 0.1) is 0 Å². The number of anilines is 5. The van der Waals surface area contributed by atoms with Crippen LogP contribution in [-0.4, -0.2) is 6.54 Å². The highest BCUT2D eigenvalue weighted by Gasteiger charge is 2.20. The Morgan fingerprint density at radius 2 is 0.881 bits per heavy atom. The SMILES string of the molecule is C=C1/C=C\C=C/CN(c2ccc(-c3c4ccccc4c(-c4ccccc4)c4ccccc34)cc2)c2ccc(-c3cccc(N(c4ccccc4)c4ccccc4)c3)cc21. The predicted molar refractivity (Wildman–Crippen MR) is 253 cm³/mol. The van der Waals surface area contributed by atoms with E-state index in [0.29, 0.717) is 0 Å². The smallest absolute Gasteiger partial charge is 0.0493 e. The molecular weight excluding hydrogens is 713 g/mol. The van der Waals surface area contributed by atoms with Gasteiger partial charge in [-0.15, -0.1) is 0 Å². The highest BCUT2D eigenvalue weighted by Crippen LogP contribution is 2.45. The molecule has 0 aromatic heterocycles. The van der Waals surface area contributed by atoms with Gasteiger partial charge in [-0.25, -0.2) is 0 Å². The minimum atomic E-state index is 0.722. The van der Waals surface area contributed by atoms with Gasteiger partial charge in [-0.3, -0.25) is 0 Å². The van der Waals surface area contributed by atoms with Crippen LogP contribution in [0, 0.1) is 0 Å². The number of para-hydroxylation sites is 2. The lowest BCUT2D eigenvalue weighted by atomic mass is 9.86. The minimum Gasteiger partial charge on any atom is -0.337 e. The van der Waals surface area contributed by atoms with E-state index in [2.05, 4.69) is 247 Å². The van der Waals surface area contributed by atoms with Crippen LogP contribution in [0.2, 0.25) is 0 Å². The lowest BCUT2D eigenvalue weighted by Gasteiger charge is -2.28. The maximum Gasteiger partial charge on any atom is 0.0493 e. The molecule has 0 spiro atoms. The molecule has 1 heterocycles. The van der Waals surface area contributed by atoms with E-state index in [1.54, 1.807) is 0 Å². The van der Waals surface area contributed by atoms with Crippen molar-refractivity contribution in [2.24, 2.45) is 0 Å². The molecule has 0 N–H and O–H groups in total. The lowest BCUT2D eigenvalue weighted by Crippen LogP contribution is -2.18. The monoisotopic (exact) mass is 754 g/mol. The van der Waals surface area contributed by atoms with Gasteiger partial charge < -0.3 is 9.80 Å². The van der Waals surface area contributed by atoms with Crippen molar-refractivity contribution in [3.63, 3.8) is 0 Å². The maximum absolute atomic E-state index is 4.57. The van der Waals surface area contributed by atoms with Gasteiger partial charge in [0.25, 0.3) is 0 Å². The van der Waals surface area contributed by atoms with Crippen molar-refractivity contribution < 1.29 is 0 Å². The molecule has 0 unspecified atom stereocenters. The van der Waals surface area contributed by atoms with Crippen LogP contribution in [0.3, 0.4) is 0 Å². The molecular formula is C57H42N2. The quantitative estimate of drug-likeness (QED) is 0.150. The molecule has 0 amide bonds. The number of hydrogen-bond acceptors (Lipinski definition) is 2. The molecule has 0 saturated carbocycles. The van der Waals surface area contributed by atoms with E-state index in [1.165, 1.54) is 43.8 Å². The summed E-state index contributed by atoms with van der Waals surface area (Å²) in [6, 6.07) is 74.4. The van der Waals surface area contributed by atoms with Crippen molar-refractivity contribution in [2.75, 3.05) is 16.3 Å². The van der Waals surface area contributed by atoms with Gasteiger partial charge >= 0.3 is 0 Å². The first-order valence-electron chi connectivity index (χ1n) is 20.3. The van der Waals surface area contributed by atoms with Crippen LogP contribution in [0.5, 0.6) is 0 Å². The summed E-state index contributed by atoms with van der Waals surface area (Å²) in [5.74, 6) is 0. The molecule has 0 fully saturated rings. The topological polar surface area (TPSA) is 6.48 Å². The number of nitrogens with zero attached hydrogens (tertiary/aromatic N) is 2. The zero-order valence-corrected chi connectivity index (χ0v) is 32.7. The first kappa shape index (κ1) is 35.7. The molecule has 0 bridgehead atoms. The highest BCUT2D eigenvalue weighted by atomic mass is 15.1. The number of rotatable bonds is 7. The lowest BCUT2D eigenvalue weighted by molar-refractivity contribution is 1.09. The number of allylic oxidation sites excluding steroid dienone is 4. The van der Waals surface area contributed by atoms with Crippen LogP contribution in [0.1, 0.15) is 5.56 Å². The van der Waals surface area contributed by atoms with E-state index in [0.717, 1.165) is 57.2 Å². The molecule has 1 aliphatic heterocycles. The number of fused-ring (bicyclic) bond motifs is 3. The molecule has 59 heavy (non-hydrogen) atoms. The van der Waals surface area contributed by atoms with Crippen molar-refractivity contribution in [1.29, 1.82) is 0 Å². The first-order valence-corrected chi connectivity index (χ1v) is 20.3. The van der Waals surface area contributed by atoms with Crippen LogP contribution >= 0.6 is 0 Å². The summed E-state index contributed by atoms with van der Waals surface area (Å²) < 4.78 is 0. The van der Waals surface area contributed by atoms with E-state index in [-0.39, 0.29) is 0 Å². The van der Waals surface area contributed by atoms with E-state index in [9.17, 15) is 0 Å². The Labute approximate surface area is 346 Å².